The highest BCUT2D eigenvalue weighted by molar-refractivity contribution is 7.13. The Morgan fingerprint density at radius 3 is 2.75 bits per heavy atom. The Bertz CT molecular complexity index is 559. The summed E-state index contributed by atoms with van der Waals surface area (Å²) < 4.78 is 1.50. The average Bonchev–Trinajstić information content (AvgIpc) is 2.71. The second-order valence-electron chi connectivity index (χ2n) is 3.37. The van der Waals surface area contributed by atoms with Gasteiger partial charge in [-0.1, -0.05) is 11.6 Å². The third-order valence-corrected chi connectivity index (χ3v) is 3.65. The van der Waals surface area contributed by atoms with E-state index < -0.39 is 5.97 Å². The molecule has 0 fully saturated rings. The summed E-state index contributed by atoms with van der Waals surface area (Å²) >= 11 is 7.55. The highest BCUT2D eigenvalue weighted by Crippen LogP contribution is 2.35. The van der Waals surface area contributed by atoms with Crippen LogP contribution < -0.4 is 0 Å². The Hall–Kier alpha value is -1.33. The fraction of sp³-hybridized carbons (Fsp3) is 0.200. The van der Waals surface area contributed by atoms with Crippen LogP contribution >= 0.6 is 22.9 Å². The van der Waals surface area contributed by atoms with Gasteiger partial charge in [0.25, 0.3) is 0 Å². The van der Waals surface area contributed by atoms with Crippen LogP contribution in [0.25, 0.3) is 10.6 Å². The van der Waals surface area contributed by atoms with Crippen LogP contribution in [0.4, 0.5) is 0 Å². The average molecular weight is 257 g/mol. The number of carbonyl (C=O) groups is 1. The van der Waals surface area contributed by atoms with Gasteiger partial charge in [-0.25, -0.2) is 4.79 Å². The number of rotatable bonds is 2. The molecule has 2 heterocycles. The van der Waals surface area contributed by atoms with Gasteiger partial charge in [0, 0.05) is 7.05 Å². The van der Waals surface area contributed by atoms with Crippen molar-refractivity contribution in [1.82, 2.24) is 9.78 Å². The second kappa shape index (κ2) is 3.92. The van der Waals surface area contributed by atoms with Gasteiger partial charge in [-0.15, -0.1) is 11.3 Å². The van der Waals surface area contributed by atoms with Crippen molar-refractivity contribution in [2.24, 2.45) is 7.05 Å². The normalized spacial score (nSPS) is 10.7. The van der Waals surface area contributed by atoms with Crippen molar-refractivity contribution < 1.29 is 9.90 Å². The summed E-state index contributed by atoms with van der Waals surface area (Å²) in [6.45, 7) is 1.95. The number of aromatic nitrogens is 2. The molecule has 1 N–H and O–H groups in total. The van der Waals surface area contributed by atoms with E-state index in [9.17, 15) is 4.79 Å². The third-order valence-electron chi connectivity index (χ3n) is 2.27. The number of hydrogen-bond acceptors (Lipinski definition) is 3. The molecular formula is C10H9ClN2O2S. The van der Waals surface area contributed by atoms with E-state index in [0.717, 1.165) is 10.4 Å². The van der Waals surface area contributed by atoms with E-state index in [1.165, 1.54) is 16.0 Å². The van der Waals surface area contributed by atoms with Crippen molar-refractivity contribution in [2.45, 2.75) is 6.92 Å². The minimum atomic E-state index is -1.11. The lowest BCUT2D eigenvalue weighted by Gasteiger charge is -2.00. The minimum absolute atomic E-state index is 0.105. The molecule has 0 spiro atoms. The van der Waals surface area contributed by atoms with Crippen LogP contribution in [-0.4, -0.2) is 20.9 Å². The standard InChI is InChI=1S/C10H9ClN2O2S/c1-5-3-4-16-9(5)8-6(11)7(10(14)15)12-13(8)2/h3-4H,1-2H3,(H,14,15). The molecule has 0 aliphatic rings. The number of aryl methyl sites for hydroxylation is 2. The molecule has 0 radical (unpaired) electrons. The molecule has 0 atom stereocenters. The fourth-order valence-corrected chi connectivity index (χ4v) is 2.90. The molecule has 0 aliphatic carbocycles. The number of carboxylic acid groups (broad SMARTS) is 1. The highest BCUT2D eigenvalue weighted by atomic mass is 35.5. The summed E-state index contributed by atoms with van der Waals surface area (Å²) in [5, 5.41) is 14.9. The molecule has 0 saturated carbocycles. The zero-order valence-electron chi connectivity index (χ0n) is 8.69. The van der Waals surface area contributed by atoms with Crippen molar-refractivity contribution in [1.29, 1.82) is 0 Å². The van der Waals surface area contributed by atoms with Crippen LogP contribution in [0.1, 0.15) is 16.1 Å². The number of nitrogens with zero attached hydrogens (tertiary/aromatic N) is 2. The first-order valence-electron chi connectivity index (χ1n) is 4.52. The molecule has 2 rings (SSSR count). The fourth-order valence-electron chi connectivity index (χ4n) is 1.50. The van der Waals surface area contributed by atoms with Crippen LogP contribution in [0.3, 0.4) is 0 Å². The van der Waals surface area contributed by atoms with Gasteiger partial charge in [0.05, 0.1) is 10.6 Å². The Morgan fingerprint density at radius 1 is 1.62 bits per heavy atom. The van der Waals surface area contributed by atoms with Crippen molar-refractivity contribution >= 4 is 28.9 Å². The van der Waals surface area contributed by atoms with E-state index in [-0.39, 0.29) is 10.7 Å². The molecule has 0 saturated heterocycles. The van der Waals surface area contributed by atoms with E-state index in [0.29, 0.717) is 5.69 Å². The Morgan fingerprint density at radius 2 is 2.31 bits per heavy atom. The van der Waals surface area contributed by atoms with E-state index in [1.807, 2.05) is 18.4 Å². The van der Waals surface area contributed by atoms with Crippen molar-refractivity contribution in [3.05, 3.63) is 27.7 Å². The number of carboxylic acids is 1. The highest BCUT2D eigenvalue weighted by Gasteiger charge is 2.22. The largest absolute Gasteiger partial charge is 0.476 e. The first-order valence-corrected chi connectivity index (χ1v) is 5.78. The maximum atomic E-state index is 10.9. The lowest BCUT2D eigenvalue weighted by atomic mass is 10.2. The zero-order valence-corrected chi connectivity index (χ0v) is 10.3. The molecule has 6 heteroatoms. The summed E-state index contributed by atoms with van der Waals surface area (Å²) in [5.74, 6) is -1.11. The Kier molecular flexibility index (Phi) is 2.73. The maximum Gasteiger partial charge on any atom is 0.358 e. The van der Waals surface area contributed by atoms with E-state index >= 15 is 0 Å². The molecule has 4 nitrogen and oxygen atoms in total. The van der Waals surface area contributed by atoms with Gasteiger partial charge in [0.15, 0.2) is 5.69 Å². The van der Waals surface area contributed by atoms with Crippen molar-refractivity contribution in [3.8, 4) is 10.6 Å². The Labute approximate surface area is 101 Å². The summed E-state index contributed by atoms with van der Waals surface area (Å²) in [4.78, 5) is 11.8. The molecule has 0 unspecified atom stereocenters. The number of thiophene rings is 1. The monoisotopic (exact) mass is 256 g/mol. The topological polar surface area (TPSA) is 55.1 Å². The van der Waals surface area contributed by atoms with Gasteiger partial charge >= 0.3 is 5.97 Å². The van der Waals surface area contributed by atoms with Gasteiger partial charge in [-0.3, -0.25) is 4.68 Å². The summed E-state index contributed by atoms with van der Waals surface area (Å²) in [6.07, 6.45) is 0. The number of hydrogen-bond donors (Lipinski definition) is 1. The van der Waals surface area contributed by atoms with Gasteiger partial charge in [0.1, 0.15) is 5.02 Å². The first kappa shape index (κ1) is 11.2. The number of aromatic carboxylic acids is 1. The van der Waals surface area contributed by atoms with E-state index in [1.54, 1.807) is 7.05 Å². The van der Waals surface area contributed by atoms with Gasteiger partial charge in [-0.2, -0.15) is 5.10 Å². The molecule has 16 heavy (non-hydrogen) atoms. The number of halogens is 1. The zero-order chi connectivity index (χ0) is 11.9. The van der Waals surface area contributed by atoms with E-state index in [2.05, 4.69) is 5.10 Å². The molecule has 0 aliphatic heterocycles. The first-order chi connectivity index (χ1) is 7.52. The van der Waals surface area contributed by atoms with Crippen LogP contribution in [0.2, 0.25) is 5.02 Å². The SMILES string of the molecule is Cc1ccsc1-c1c(Cl)c(C(=O)O)nn1C. The minimum Gasteiger partial charge on any atom is -0.476 e. The van der Waals surface area contributed by atoms with Gasteiger partial charge < -0.3 is 5.11 Å². The summed E-state index contributed by atoms with van der Waals surface area (Å²) in [5.41, 5.74) is 1.62. The van der Waals surface area contributed by atoms with Gasteiger partial charge in [-0.05, 0) is 23.9 Å². The third kappa shape index (κ3) is 1.62. The molecule has 2 aromatic rings. The Balaban J connectivity index is 2.67. The summed E-state index contributed by atoms with van der Waals surface area (Å²) in [6, 6.07) is 1.96. The molecule has 0 bridgehead atoms. The molecule has 2 aromatic heterocycles. The van der Waals surface area contributed by atoms with Crippen LogP contribution in [0.15, 0.2) is 11.4 Å². The van der Waals surface area contributed by atoms with Crippen LogP contribution in [-0.2, 0) is 7.05 Å². The predicted octanol–water partition coefficient (Wildman–Crippen LogP) is 2.81. The van der Waals surface area contributed by atoms with Crippen molar-refractivity contribution in [3.63, 3.8) is 0 Å². The summed E-state index contributed by atoms with van der Waals surface area (Å²) in [7, 11) is 1.69. The molecule has 84 valence electrons. The quantitative estimate of drug-likeness (QED) is 0.899. The molecule has 0 aromatic carbocycles. The molecule has 0 amide bonds. The smallest absolute Gasteiger partial charge is 0.358 e. The lowest BCUT2D eigenvalue weighted by molar-refractivity contribution is 0.0690. The van der Waals surface area contributed by atoms with Gasteiger partial charge in [0.2, 0.25) is 0 Å². The lowest BCUT2D eigenvalue weighted by Crippen LogP contribution is -1.99. The van der Waals surface area contributed by atoms with Crippen LogP contribution in [0.5, 0.6) is 0 Å². The second-order valence-corrected chi connectivity index (χ2v) is 4.67. The maximum absolute atomic E-state index is 10.9. The molecular weight excluding hydrogens is 248 g/mol. The van der Waals surface area contributed by atoms with Crippen LogP contribution in [0, 0.1) is 6.92 Å². The van der Waals surface area contributed by atoms with E-state index in [4.69, 9.17) is 16.7 Å². The predicted molar refractivity (Wildman–Crippen MR) is 63.2 cm³/mol. The van der Waals surface area contributed by atoms with Crippen molar-refractivity contribution in [2.75, 3.05) is 0 Å².